The number of nitrogens with zero attached hydrogens (tertiary/aromatic N) is 1. The molecular weight excluding hydrogens is 248 g/mol. The van der Waals surface area contributed by atoms with Gasteiger partial charge in [-0.1, -0.05) is 25.5 Å². The van der Waals surface area contributed by atoms with E-state index in [-0.39, 0.29) is 18.0 Å². The number of amides is 1. The van der Waals surface area contributed by atoms with Gasteiger partial charge >= 0.3 is 0 Å². The molecule has 110 valence electrons. The van der Waals surface area contributed by atoms with Crippen LogP contribution < -0.4 is 5.73 Å². The second kappa shape index (κ2) is 6.89. The molecule has 1 saturated heterocycles. The number of aryl methyl sites for hydroxylation is 1. The van der Waals surface area contributed by atoms with E-state index < -0.39 is 0 Å². The van der Waals surface area contributed by atoms with Gasteiger partial charge in [-0.25, -0.2) is 0 Å². The molecule has 1 aromatic carbocycles. The lowest BCUT2D eigenvalue weighted by Crippen LogP contribution is -2.51. The molecule has 0 aromatic heterocycles. The average molecular weight is 274 g/mol. The summed E-state index contributed by atoms with van der Waals surface area (Å²) in [5.41, 5.74) is 8.13. The highest BCUT2D eigenvalue weighted by atomic mass is 16.2. The molecule has 1 fully saturated rings. The standard InChI is InChI=1S/C17H26N2O/c1-3-6-14-8-10-15(11-9-14)17(20)19-12-5-4-7-16(19)13(2)18/h8-11,13,16H,3-7,12,18H2,1-2H3. The van der Waals surface area contributed by atoms with Crippen LogP contribution in [0.2, 0.25) is 0 Å². The van der Waals surface area contributed by atoms with Crippen LogP contribution in [0.5, 0.6) is 0 Å². The summed E-state index contributed by atoms with van der Waals surface area (Å²) in [5.74, 6) is 0.134. The van der Waals surface area contributed by atoms with Gasteiger partial charge in [0.25, 0.3) is 5.91 Å². The van der Waals surface area contributed by atoms with E-state index >= 15 is 0 Å². The molecule has 1 amide bonds. The quantitative estimate of drug-likeness (QED) is 0.917. The fraction of sp³-hybridized carbons (Fsp3) is 0.588. The van der Waals surface area contributed by atoms with Gasteiger partial charge in [-0.15, -0.1) is 0 Å². The molecule has 20 heavy (non-hydrogen) atoms. The van der Waals surface area contributed by atoms with Crippen LogP contribution >= 0.6 is 0 Å². The van der Waals surface area contributed by atoms with Crippen molar-refractivity contribution in [3.05, 3.63) is 35.4 Å². The third-order valence-corrected chi connectivity index (χ3v) is 4.16. The molecule has 0 aliphatic carbocycles. The van der Waals surface area contributed by atoms with Crippen molar-refractivity contribution in [1.29, 1.82) is 0 Å². The van der Waals surface area contributed by atoms with Crippen molar-refractivity contribution in [1.82, 2.24) is 4.90 Å². The molecule has 0 spiro atoms. The Kier molecular flexibility index (Phi) is 5.18. The van der Waals surface area contributed by atoms with Crippen molar-refractivity contribution in [2.24, 2.45) is 5.73 Å². The van der Waals surface area contributed by atoms with E-state index in [9.17, 15) is 4.79 Å². The molecule has 3 heteroatoms. The van der Waals surface area contributed by atoms with Gasteiger partial charge < -0.3 is 10.6 Å². The zero-order valence-corrected chi connectivity index (χ0v) is 12.6. The minimum absolute atomic E-state index is 0.0404. The summed E-state index contributed by atoms with van der Waals surface area (Å²) in [5, 5.41) is 0. The Labute approximate surface area is 122 Å². The topological polar surface area (TPSA) is 46.3 Å². The summed E-state index contributed by atoms with van der Waals surface area (Å²) >= 11 is 0. The summed E-state index contributed by atoms with van der Waals surface area (Å²) in [6.45, 7) is 5.00. The van der Waals surface area contributed by atoms with Crippen molar-refractivity contribution in [3.8, 4) is 0 Å². The van der Waals surface area contributed by atoms with Crippen LogP contribution in [-0.4, -0.2) is 29.4 Å². The third-order valence-electron chi connectivity index (χ3n) is 4.16. The number of likely N-dealkylation sites (tertiary alicyclic amines) is 1. The second-order valence-electron chi connectivity index (χ2n) is 5.87. The summed E-state index contributed by atoms with van der Waals surface area (Å²) in [6, 6.07) is 8.29. The van der Waals surface area contributed by atoms with E-state index in [0.29, 0.717) is 0 Å². The van der Waals surface area contributed by atoms with Gasteiger partial charge in [-0.05, 0) is 50.3 Å². The first-order valence-electron chi connectivity index (χ1n) is 7.79. The number of rotatable bonds is 4. The molecule has 2 atom stereocenters. The van der Waals surface area contributed by atoms with Crippen LogP contribution in [0, 0.1) is 0 Å². The molecule has 2 rings (SSSR count). The Morgan fingerprint density at radius 1 is 1.35 bits per heavy atom. The zero-order valence-electron chi connectivity index (χ0n) is 12.6. The van der Waals surface area contributed by atoms with Gasteiger partial charge in [0.15, 0.2) is 0 Å². The predicted octanol–water partition coefficient (Wildman–Crippen LogP) is 2.98. The fourth-order valence-electron chi connectivity index (χ4n) is 3.02. The largest absolute Gasteiger partial charge is 0.334 e. The smallest absolute Gasteiger partial charge is 0.254 e. The van der Waals surface area contributed by atoms with E-state index in [0.717, 1.165) is 37.8 Å². The van der Waals surface area contributed by atoms with E-state index in [1.54, 1.807) is 0 Å². The minimum Gasteiger partial charge on any atom is -0.334 e. The molecular formula is C17H26N2O. The summed E-state index contributed by atoms with van der Waals surface area (Å²) in [7, 11) is 0. The lowest BCUT2D eigenvalue weighted by atomic mass is 9.96. The monoisotopic (exact) mass is 274 g/mol. The van der Waals surface area contributed by atoms with Crippen LogP contribution in [-0.2, 0) is 6.42 Å². The van der Waals surface area contributed by atoms with Crippen molar-refractivity contribution in [2.45, 2.75) is 58.0 Å². The summed E-state index contributed by atoms with van der Waals surface area (Å²) in [6.07, 6.45) is 5.48. The number of nitrogens with two attached hydrogens (primary N) is 1. The Balaban J connectivity index is 2.12. The van der Waals surface area contributed by atoms with Crippen molar-refractivity contribution in [3.63, 3.8) is 0 Å². The molecule has 1 aromatic rings. The molecule has 1 aliphatic rings. The molecule has 2 unspecified atom stereocenters. The highest BCUT2D eigenvalue weighted by Gasteiger charge is 2.29. The molecule has 0 bridgehead atoms. The van der Waals surface area contributed by atoms with Gasteiger partial charge in [-0.2, -0.15) is 0 Å². The van der Waals surface area contributed by atoms with Crippen LogP contribution in [0.1, 0.15) is 55.5 Å². The summed E-state index contributed by atoms with van der Waals surface area (Å²) in [4.78, 5) is 14.6. The maximum absolute atomic E-state index is 12.7. The normalized spacial score (nSPS) is 20.8. The van der Waals surface area contributed by atoms with Crippen LogP contribution in [0.4, 0.5) is 0 Å². The van der Waals surface area contributed by atoms with Gasteiger partial charge in [0.05, 0.1) is 0 Å². The van der Waals surface area contributed by atoms with E-state index in [1.165, 1.54) is 12.0 Å². The number of carbonyl (C=O) groups excluding carboxylic acids is 1. The number of benzene rings is 1. The predicted molar refractivity (Wildman–Crippen MR) is 82.8 cm³/mol. The highest BCUT2D eigenvalue weighted by Crippen LogP contribution is 2.21. The van der Waals surface area contributed by atoms with Crippen LogP contribution in [0.3, 0.4) is 0 Å². The molecule has 1 heterocycles. The SMILES string of the molecule is CCCc1ccc(C(=O)N2CCCCC2C(C)N)cc1. The lowest BCUT2D eigenvalue weighted by Gasteiger charge is -2.38. The Morgan fingerprint density at radius 2 is 2.05 bits per heavy atom. The number of hydrogen-bond donors (Lipinski definition) is 1. The Morgan fingerprint density at radius 3 is 2.65 bits per heavy atom. The molecule has 1 aliphatic heterocycles. The van der Waals surface area contributed by atoms with E-state index in [2.05, 4.69) is 19.1 Å². The zero-order chi connectivity index (χ0) is 14.5. The Hall–Kier alpha value is -1.35. The van der Waals surface area contributed by atoms with Gasteiger partial charge in [0, 0.05) is 24.2 Å². The first kappa shape index (κ1) is 15.0. The molecule has 0 radical (unpaired) electrons. The van der Waals surface area contributed by atoms with Crippen molar-refractivity contribution in [2.75, 3.05) is 6.54 Å². The van der Waals surface area contributed by atoms with Crippen LogP contribution in [0.25, 0.3) is 0 Å². The van der Waals surface area contributed by atoms with Gasteiger partial charge in [0.1, 0.15) is 0 Å². The maximum Gasteiger partial charge on any atom is 0.254 e. The van der Waals surface area contributed by atoms with Crippen molar-refractivity contribution >= 4 is 5.91 Å². The van der Waals surface area contributed by atoms with E-state index in [4.69, 9.17) is 5.73 Å². The number of hydrogen-bond acceptors (Lipinski definition) is 2. The van der Waals surface area contributed by atoms with E-state index in [1.807, 2.05) is 24.0 Å². The van der Waals surface area contributed by atoms with Crippen molar-refractivity contribution < 1.29 is 4.79 Å². The fourth-order valence-corrected chi connectivity index (χ4v) is 3.02. The first-order chi connectivity index (χ1) is 9.63. The lowest BCUT2D eigenvalue weighted by molar-refractivity contribution is 0.0584. The molecule has 3 nitrogen and oxygen atoms in total. The minimum atomic E-state index is 0.0404. The first-order valence-corrected chi connectivity index (χ1v) is 7.79. The van der Waals surface area contributed by atoms with Crippen LogP contribution in [0.15, 0.2) is 24.3 Å². The average Bonchev–Trinajstić information content (AvgIpc) is 2.47. The Bertz CT molecular complexity index is 439. The second-order valence-corrected chi connectivity index (χ2v) is 5.87. The molecule has 0 saturated carbocycles. The number of carbonyl (C=O) groups is 1. The highest BCUT2D eigenvalue weighted by molar-refractivity contribution is 5.94. The maximum atomic E-state index is 12.7. The number of piperidine rings is 1. The van der Waals surface area contributed by atoms with Gasteiger partial charge in [0.2, 0.25) is 0 Å². The summed E-state index contributed by atoms with van der Waals surface area (Å²) < 4.78 is 0. The van der Waals surface area contributed by atoms with Gasteiger partial charge in [-0.3, -0.25) is 4.79 Å². The molecule has 2 N–H and O–H groups in total. The third kappa shape index (κ3) is 3.40.